The Morgan fingerprint density at radius 2 is 1.91 bits per heavy atom. The van der Waals surface area contributed by atoms with Crippen molar-refractivity contribution in [2.24, 2.45) is 5.92 Å². The summed E-state index contributed by atoms with van der Waals surface area (Å²) in [5.74, 6) is 0.565. The second-order valence-electron chi connectivity index (χ2n) is 6.13. The summed E-state index contributed by atoms with van der Waals surface area (Å²) in [5.41, 5.74) is 0. The molecular formula is C15H31Cl2N3O2. The molecule has 0 saturated carbocycles. The van der Waals surface area contributed by atoms with E-state index in [1.807, 2.05) is 0 Å². The lowest BCUT2D eigenvalue weighted by atomic mass is 9.98. The number of ether oxygens (including phenoxy) is 1. The first-order valence-corrected chi connectivity index (χ1v) is 8.00. The highest BCUT2D eigenvalue weighted by Gasteiger charge is 2.28. The fourth-order valence-corrected chi connectivity index (χ4v) is 2.93. The van der Waals surface area contributed by atoms with Gasteiger partial charge in [0, 0.05) is 39.3 Å². The molecule has 0 aliphatic carbocycles. The van der Waals surface area contributed by atoms with Crippen LogP contribution in [0.4, 0.5) is 0 Å². The van der Waals surface area contributed by atoms with Crippen LogP contribution in [0.1, 0.15) is 26.7 Å². The molecule has 0 aromatic heterocycles. The summed E-state index contributed by atoms with van der Waals surface area (Å²) in [6, 6.07) is 0. The van der Waals surface area contributed by atoms with E-state index in [2.05, 4.69) is 29.0 Å². The van der Waals surface area contributed by atoms with Gasteiger partial charge in [0.2, 0.25) is 5.91 Å². The van der Waals surface area contributed by atoms with Crippen LogP contribution in [0.5, 0.6) is 0 Å². The van der Waals surface area contributed by atoms with Crippen LogP contribution in [0, 0.1) is 5.92 Å². The fraction of sp³-hybridized carbons (Fsp3) is 0.933. The van der Waals surface area contributed by atoms with Crippen molar-refractivity contribution in [2.75, 3.05) is 52.4 Å². The second kappa shape index (κ2) is 11.5. The van der Waals surface area contributed by atoms with Crippen LogP contribution >= 0.6 is 24.8 Å². The van der Waals surface area contributed by atoms with E-state index in [0.717, 1.165) is 65.3 Å². The average molecular weight is 356 g/mol. The van der Waals surface area contributed by atoms with Gasteiger partial charge in [0.25, 0.3) is 0 Å². The minimum absolute atomic E-state index is 0. The largest absolute Gasteiger partial charge is 0.377 e. The van der Waals surface area contributed by atoms with Gasteiger partial charge in [-0.1, -0.05) is 0 Å². The minimum Gasteiger partial charge on any atom is -0.377 e. The van der Waals surface area contributed by atoms with Crippen molar-refractivity contribution in [1.82, 2.24) is 15.1 Å². The molecule has 2 saturated heterocycles. The summed E-state index contributed by atoms with van der Waals surface area (Å²) < 4.78 is 5.58. The lowest BCUT2D eigenvalue weighted by Gasteiger charge is -2.37. The maximum atomic E-state index is 12.4. The quantitative estimate of drug-likeness (QED) is 0.809. The molecule has 0 aromatic carbocycles. The first-order valence-electron chi connectivity index (χ1n) is 8.00. The van der Waals surface area contributed by atoms with Gasteiger partial charge in [0.05, 0.1) is 18.6 Å². The second-order valence-corrected chi connectivity index (χ2v) is 6.13. The molecular weight excluding hydrogens is 325 g/mol. The SMILES string of the molecule is CC(C)OCCN1CCN(C(=O)C2CCCNC2)CC1.Cl.Cl. The Morgan fingerprint density at radius 3 is 2.45 bits per heavy atom. The summed E-state index contributed by atoms with van der Waals surface area (Å²) in [4.78, 5) is 16.9. The zero-order valence-corrected chi connectivity index (χ0v) is 15.4. The van der Waals surface area contributed by atoms with Gasteiger partial charge >= 0.3 is 0 Å². The highest BCUT2D eigenvalue weighted by atomic mass is 35.5. The van der Waals surface area contributed by atoms with E-state index in [1.165, 1.54) is 0 Å². The van der Waals surface area contributed by atoms with Gasteiger partial charge in [-0.05, 0) is 33.2 Å². The molecule has 2 heterocycles. The van der Waals surface area contributed by atoms with E-state index in [9.17, 15) is 4.79 Å². The highest BCUT2D eigenvalue weighted by Crippen LogP contribution is 2.15. The Morgan fingerprint density at radius 1 is 1.23 bits per heavy atom. The summed E-state index contributed by atoms with van der Waals surface area (Å²) in [6.45, 7) is 11.5. The Balaban J connectivity index is 0.00000220. The van der Waals surface area contributed by atoms with Crippen LogP contribution < -0.4 is 5.32 Å². The van der Waals surface area contributed by atoms with Crippen LogP contribution in [0.3, 0.4) is 0 Å². The number of carbonyl (C=O) groups is 1. The fourth-order valence-electron chi connectivity index (χ4n) is 2.93. The monoisotopic (exact) mass is 355 g/mol. The number of piperazine rings is 1. The van der Waals surface area contributed by atoms with E-state index in [1.54, 1.807) is 0 Å². The molecule has 1 atom stereocenters. The molecule has 2 rings (SSSR count). The molecule has 0 spiro atoms. The highest BCUT2D eigenvalue weighted by molar-refractivity contribution is 5.85. The van der Waals surface area contributed by atoms with Gasteiger partial charge in [0.15, 0.2) is 0 Å². The standard InChI is InChI=1S/C15H29N3O2.2ClH/c1-13(2)20-11-10-17-6-8-18(9-7-17)15(19)14-4-3-5-16-12-14;;/h13-14,16H,3-12H2,1-2H3;2*1H. The Bertz CT molecular complexity index is 305. The van der Waals surface area contributed by atoms with Gasteiger partial charge in [-0.25, -0.2) is 0 Å². The number of hydrogen-bond donors (Lipinski definition) is 1. The van der Waals surface area contributed by atoms with Gasteiger partial charge < -0.3 is 15.0 Å². The maximum absolute atomic E-state index is 12.4. The summed E-state index contributed by atoms with van der Waals surface area (Å²) in [7, 11) is 0. The van der Waals surface area contributed by atoms with Crippen molar-refractivity contribution < 1.29 is 9.53 Å². The van der Waals surface area contributed by atoms with E-state index in [0.29, 0.717) is 12.0 Å². The average Bonchev–Trinajstić information content (AvgIpc) is 2.48. The molecule has 1 N–H and O–H groups in total. The Labute approximate surface area is 146 Å². The van der Waals surface area contributed by atoms with Gasteiger partial charge in [-0.15, -0.1) is 24.8 Å². The van der Waals surface area contributed by atoms with E-state index in [-0.39, 0.29) is 30.7 Å². The molecule has 5 nitrogen and oxygen atoms in total. The molecule has 0 aromatic rings. The van der Waals surface area contributed by atoms with E-state index < -0.39 is 0 Å². The molecule has 7 heteroatoms. The van der Waals surface area contributed by atoms with Crippen molar-refractivity contribution >= 4 is 30.7 Å². The maximum Gasteiger partial charge on any atom is 0.227 e. The smallest absolute Gasteiger partial charge is 0.227 e. The van der Waals surface area contributed by atoms with Crippen molar-refractivity contribution in [3.63, 3.8) is 0 Å². The normalized spacial score (nSPS) is 22.9. The number of piperidine rings is 1. The van der Waals surface area contributed by atoms with Crippen LogP contribution in [-0.2, 0) is 9.53 Å². The molecule has 2 fully saturated rings. The van der Waals surface area contributed by atoms with Crippen LogP contribution in [-0.4, -0.2) is 74.2 Å². The number of halogens is 2. The third-order valence-electron chi connectivity index (χ3n) is 4.19. The molecule has 0 bridgehead atoms. The minimum atomic E-state index is 0. The number of hydrogen-bond acceptors (Lipinski definition) is 4. The number of rotatable bonds is 5. The van der Waals surface area contributed by atoms with E-state index >= 15 is 0 Å². The van der Waals surface area contributed by atoms with Crippen molar-refractivity contribution in [2.45, 2.75) is 32.8 Å². The molecule has 1 unspecified atom stereocenters. The number of nitrogens with zero attached hydrogens (tertiary/aromatic N) is 2. The summed E-state index contributed by atoms with van der Waals surface area (Å²) in [6.07, 6.45) is 2.48. The summed E-state index contributed by atoms with van der Waals surface area (Å²) in [5, 5.41) is 3.33. The van der Waals surface area contributed by atoms with Gasteiger partial charge in [-0.2, -0.15) is 0 Å². The summed E-state index contributed by atoms with van der Waals surface area (Å²) >= 11 is 0. The Hall–Kier alpha value is -0.0700. The van der Waals surface area contributed by atoms with Crippen LogP contribution in [0.15, 0.2) is 0 Å². The number of nitrogens with one attached hydrogen (secondary N) is 1. The molecule has 2 aliphatic rings. The zero-order valence-electron chi connectivity index (χ0n) is 13.8. The zero-order chi connectivity index (χ0) is 14.4. The van der Waals surface area contributed by atoms with Crippen LogP contribution in [0.25, 0.3) is 0 Å². The molecule has 0 radical (unpaired) electrons. The van der Waals surface area contributed by atoms with Crippen molar-refractivity contribution in [3.8, 4) is 0 Å². The molecule has 1 amide bonds. The Kier molecular flexibility index (Phi) is 11.4. The van der Waals surface area contributed by atoms with E-state index in [4.69, 9.17) is 4.74 Å². The first-order chi connectivity index (χ1) is 9.66. The number of amides is 1. The molecule has 22 heavy (non-hydrogen) atoms. The number of carbonyl (C=O) groups excluding carboxylic acids is 1. The lowest BCUT2D eigenvalue weighted by Crippen LogP contribution is -2.52. The van der Waals surface area contributed by atoms with Crippen molar-refractivity contribution in [3.05, 3.63) is 0 Å². The van der Waals surface area contributed by atoms with Gasteiger partial charge in [-0.3, -0.25) is 9.69 Å². The molecule has 2 aliphatic heterocycles. The predicted molar refractivity (Wildman–Crippen MR) is 94.2 cm³/mol. The first kappa shape index (κ1) is 21.9. The lowest BCUT2D eigenvalue weighted by molar-refractivity contribution is -0.137. The third kappa shape index (κ3) is 7.01. The van der Waals surface area contributed by atoms with Gasteiger partial charge in [0.1, 0.15) is 0 Å². The topological polar surface area (TPSA) is 44.8 Å². The molecule has 132 valence electrons. The predicted octanol–water partition coefficient (Wildman–Crippen LogP) is 1.40. The van der Waals surface area contributed by atoms with Crippen molar-refractivity contribution in [1.29, 1.82) is 0 Å². The van der Waals surface area contributed by atoms with Crippen LogP contribution in [0.2, 0.25) is 0 Å². The third-order valence-corrected chi connectivity index (χ3v) is 4.19.